The molecule has 0 unspecified atom stereocenters. The lowest BCUT2D eigenvalue weighted by atomic mass is 9.73. The normalized spacial score (nSPS) is 29.2. The van der Waals surface area contributed by atoms with Gasteiger partial charge in [-0.05, 0) is 55.7 Å². The smallest absolute Gasteiger partial charge is 0.123 e. The van der Waals surface area contributed by atoms with Gasteiger partial charge in [-0.2, -0.15) is 0 Å². The average Bonchev–Trinajstić information content (AvgIpc) is 2.29. The van der Waals surface area contributed by atoms with Crippen LogP contribution in [0.2, 0.25) is 0 Å². The number of nitrogens with two attached hydrogens (primary N) is 1. The molecule has 0 bridgehead atoms. The Kier molecular flexibility index (Phi) is 3.82. The lowest BCUT2D eigenvalue weighted by Gasteiger charge is -2.37. The minimum atomic E-state index is -0.159. The van der Waals surface area contributed by atoms with E-state index in [-0.39, 0.29) is 11.4 Å². The first-order valence-corrected chi connectivity index (χ1v) is 6.65. The zero-order chi connectivity index (χ0) is 12.3. The van der Waals surface area contributed by atoms with Gasteiger partial charge in [0.15, 0.2) is 0 Å². The molecule has 1 fully saturated rings. The summed E-state index contributed by atoms with van der Waals surface area (Å²) in [5, 5.41) is 0. The van der Waals surface area contributed by atoms with Crippen LogP contribution in [0.5, 0.6) is 0 Å². The van der Waals surface area contributed by atoms with Gasteiger partial charge in [0.1, 0.15) is 5.82 Å². The monoisotopic (exact) mass is 235 g/mol. The van der Waals surface area contributed by atoms with Crippen molar-refractivity contribution in [2.45, 2.75) is 51.0 Å². The van der Waals surface area contributed by atoms with Gasteiger partial charge in [0.2, 0.25) is 0 Å². The van der Waals surface area contributed by atoms with E-state index in [1.165, 1.54) is 25.3 Å². The van der Waals surface area contributed by atoms with E-state index in [1.54, 1.807) is 12.1 Å². The minimum Gasteiger partial charge on any atom is -0.325 e. The molecule has 1 aliphatic carbocycles. The van der Waals surface area contributed by atoms with Crippen molar-refractivity contribution >= 4 is 0 Å². The molecule has 0 spiro atoms. The summed E-state index contributed by atoms with van der Waals surface area (Å²) < 4.78 is 13.1. The highest BCUT2D eigenvalue weighted by Gasteiger charge is 2.31. The van der Waals surface area contributed by atoms with Gasteiger partial charge in [-0.15, -0.1) is 0 Å². The van der Waals surface area contributed by atoms with Crippen molar-refractivity contribution in [2.24, 2.45) is 11.7 Å². The molecule has 17 heavy (non-hydrogen) atoms. The van der Waals surface area contributed by atoms with Crippen molar-refractivity contribution < 1.29 is 4.39 Å². The highest BCUT2D eigenvalue weighted by Crippen LogP contribution is 2.34. The summed E-state index contributed by atoms with van der Waals surface area (Å²) in [5.74, 6) is 0.688. The fraction of sp³-hybridized carbons (Fsp3) is 0.600. The SMILES string of the molecule is CCC1CCC(N)(Cc2cccc(F)c2)CC1. The predicted octanol–water partition coefficient (Wildman–Crippen LogP) is 3.67. The van der Waals surface area contributed by atoms with Gasteiger partial charge in [-0.3, -0.25) is 0 Å². The molecule has 1 aliphatic rings. The largest absolute Gasteiger partial charge is 0.325 e. The molecule has 0 heterocycles. The second kappa shape index (κ2) is 5.18. The Balaban J connectivity index is 1.99. The molecule has 0 aromatic heterocycles. The standard InChI is InChI=1S/C15H22FN/c1-2-12-6-8-15(17,9-7-12)11-13-4-3-5-14(16)10-13/h3-5,10,12H,2,6-9,11,17H2,1H3. The molecule has 0 saturated heterocycles. The van der Waals surface area contributed by atoms with Crippen molar-refractivity contribution in [3.63, 3.8) is 0 Å². The van der Waals surface area contributed by atoms with Gasteiger partial charge in [0.25, 0.3) is 0 Å². The predicted molar refractivity (Wildman–Crippen MR) is 69.3 cm³/mol. The van der Waals surface area contributed by atoms with Crippen molar-refractivity contribution in [3.8, 4) is 0 Å². The quantitative estimate of drug-likeness (QED) is 0.850. The number of hydrogen-bond donors (Lipinski definition) is 1. The zero-order valence-electron chi connectivity index (χ0n) is 10.6. The highest BCUT2D eigenvalue weighted by atomic mass is 19.1. The summed E-state index contributed by atoms with van der Waals surface area (Å²) in [6, 6.07) is 6.84. The van der Waals surface area contributed by atoms with Gasteiger partial charge in [0.05, 0.1) is 0 Å². The second-order valence-corrected chi connectivity index (χ2v) is 5.52. The third-order valence-electron chi connectivity index (χ3n) is 4.12. The van der Waals surface area contributed by atoms with Crippen LogP contribution in [0.4, 0.5) is 4.39 Å². The summed E-state index contributed by atoms with van der Waals surface area (Å²) in [5.41, 5.74) is 7.35. The minimum absolute atomic E-state index is 0.112. The molecule has 1 aromatic carbocycles. The topological polar surface area (TPSA) is 26.0 Å². The van der Waals surface area contributed by atoms with Crippen LogP contribution in [-0.4, -0.2) is 5.54 Å². The van der Waals surface area contributed by atoms with Crippen molar-refractivity contribution in [1.29, 1.82) is 0 Å². The van der Waals surface area contributed by atoms with Crippen LogP contribution in [-0.2, 0) is 6.42 Å². The Morgan fingerprint density at radius 1 is 1.35 bits per heavy atom. The van der Waals surface area contributed by atoms with Crippen molar-refractivity contribution in [3.05, 3.63) is 35.6 Å². The molecular weight excluding hydrogens is 213 g/mol. The zero-order valence-corrected chi connectivity index (χ0v) is 10.6. The average molecular weight is 235 g/mol. The van der Waals surface area contributed by atoms with E-state index in [4.69, 9.17) is 5.73 Å². The number of rotatable bonds is 3. The van der Waals surface area contributed by atoms with Crippen molar-refractivity contribution in [1.82, 2.24) is 0 Å². The second-order valence-electron chi connectivity index (χ2n) is 5.52. The van der Waals surface area contributed by atoms with Crippen LogP contribution in [0.3, 0.4) is 0 Å². The summed E-state index contributed by atoms with van der Waals surface area (Å²) >= 11 is 0. The Morgan fingerprint density at radius 3 is 2.65 bits per heavy atom. The van der Waals surface area contributed by atoms with Crippen LogP contribution < -0.4 is 5.73 Å². The summed E-state index contributed by atoms with van der Waals surface area (Å²) in [6.45, 7) is 2.25. The van der Waals surface area contributed by atoms with Gasteiger partial charge < -0.3 is 5.73 Å². The van der Waals surface area contributed by atoms with E-state index >= 15 is 0 Å². The van der Waals surface area contributed by atoms with Gasteiger partial charge >= 0.3 is 0 Å². The van der Waals surface area contributed by atoms with E-state index in [2.05, 4.69) is 6.92 Å². The maximum Gasteiger partial charge on any atom is 0.123 e. The Hall–Kier alpha value is -0.890. The first kappa shape index (κ1) is 12.6. The third kappa shape index (κ3) is 3.29. The van der Waals surface area contributed by atoms with Crippen LogP contribution in [0.25, 0.3) is 0 Å². The molecule has 94 valence electrons. The summed E-state index contributed by atoms with van der Waals surface area (Å²) in [6.07, 6.45) is 6.66. The summed E-state index contributed by atoms with van der Waals surface area (Å²) in [4.78, 5) is 0. The van der Waals surface area contributed by atoms with Gasteiger partial charge in [-0.25, -0.2) is 4.39 Å². The van der Waals surface area contributed by atoms with E-state index in [0.717, 1.165) is 30.7 Å². The molecule has 2 rings (SSSR count). The Labute approximate surface area is 103 Å². The van der Waals surface area contributed by atoms with E-state index in [0.29, 0.717) is 0 Å². The Morgan fingerprint density at radius 2 is 2.06 bits per heavy atom. The first-order valence-electron chi connectivity index (χ1n) is 6.65. The maximum atomic E-state index is 13.1. The number of benzene rings is 1. The molecular formula is C15H22FN. The van der Waals surface area contributed by atoms with Gasteiger partial charge in [0, 0.05) is 5.54 Å². The molecule has 0 radical (unpaired) electrons. The molecule has 0 amide bonds. The van der Waals surface area contributed by atoms with Crippen LogP contribution in [0.15, 0.2) is 24.3 Å². The van der Waals surface area contributed by atoms with Crippen molar-refractivity contribution in [2.75, 3.05) is 0 Å². The summed E-state index contributed by atoms with van der Waals surface area (Å²) in [7, 11) is 0. The molecule has 2 heteroatoms. The number of hydrogen-bond acceptors (Lipinski definition) is 1. The highest BCUT2D eigenvalue weighted by molar-refractivity contribution is 5.19. The molecule has 1 nitrogen and oxygen atoms in total. The fourth-order valence-electron chi connectivity index (χ4n) is 2.89. The lowest BCUT2D eigenvalue weighted by Crippen LogP contribution is -2.45. The molecule has 0 aliphatic heterocycles. The van der Waals surface area contributed by atoms with Crippen LogP contribution >= 0.6 is 0 Å². The molecule has 1 saturated carbocycles. The van der Waals surface area contributed by atoms with E-state index < -0.39 is 0 Å². The third-order valence-corrected chi connectivity index (χ3v) is 4.12. The first-order chi connectivity index (χ1) is 8.11. The lowest BCUT2D eigenvalue weighted by molar-refractivity contribution is 0.228. The maximum absolute atomic E-state index is 13.1. The molecule has 1 aromatic rings. The fourth-order valence-corrected chi connectivity index (χ4v) is 2.89. The van der Waals surface area contributed by atoms with E-state index in [1.807, 2.05) is 6.07 Å². The molecule has 2 N–H and O–H groups in total. The Bertz CT molecular complexity index is 367. The van der Waals surface area contributed by atoms with Crippen LogP contribution in [0, 0.1) is 11.7 Å². The van der Waals surface area contributed by atoms with Gasteiger partial charge in [-0.1, -0.05) is 25.5 Å². The van der Waals surface area contributed by atoms with Crippen LogP contribution in [0.1, 0.15) is 44.6 Å². The number of halogens is 1. The van der Waals surface area contributed by atoms with E-state index in [9.17, 15) is 4.39 Å². The molecule has 0 atom stereocenters.